The number of nitrogens with one attached hydrogen (secondary N) is 1. The van der Waals surface area contributed by atoms with Crippen LogP contribution in [0.25, 0.3) is 0 Å². The fourth-order valence-corrected chi connectivity index (χ4v) is 2.22. The van der Waals surface area contributed by atoms with Gasteiger partial charge in [0.25, 0.3) is 0 Å². The van der Waals surface area contributed by atoms with Crippen molar-refractivity contribution in [2.24, 2.45) is 0 Å². The van der Waals surface area contributed by atoms with Crippen molar-refractivity contribution < 1.29 is 0 Å². The van der Waals surface area contributed by atoms with Gasteiger partial charge in [-0.2, -0.15) is 5.26 Å². The quantitative estimate of drug-likeness (QED) is 0.842. The Balaban J connectivity index is 2.32. The Morgan fingerprint density at radius 3 is 2.72 bits per heavy atom. The van der Waals surface area contributed by atoms with Gasteiger partial charge in [-0.05, 0) is 52.7 Å². The molecule has 0 saturated carbocycles. The van der Waals surface area contributed by atoms with E-state index in [1.54, 1.807) is 6.07 Å². The zero-order valence-electron chi connectivity index (χ0n) is 9.67. The van der Waals surface area contributed by atoms with Gasteiger partial charge in [-0.1, -0.05) is 23.7 Å². The van der Waals surface area contributed by atoms with Gasteiger partial charge in [0.15, 0.2) is 0 Å². The van der Waals surface area contributed by atoms with Crippen LogP contribution in [0.2, 0.25) is 5.02 Å². The molecule has 2 aromatic rings. The van der Waals surface area contributed by atoms with Crippen LogP contribution in [-0.4, -0.2) is 0 Å². The van der Waals surface area contributed by atoms with Gasteiger partial charge in [-0.3, -0.25) is 0 Å². The fourth-order valence-electron chi connectivity index (χ4n) is 1.58. The fraction of sp³-hybridized carbons (Fsp3) is 0.0714. The van der Waals surface area contributed by atoms with Crippen LogP contribution in [-0.2, 0) is 0 Å². The number of anilines is 2. The largest absolute Gasteiger partial charge is 0.354 e. The first kappa shape index (κ1) is 12.9. The van der Waals surface area contributed by atoms with Gasteiger partial charge in [0.05, 0.1) is 16.3 Å². The van der Waals surface area contributed by atoms with E-state index >= 15 is 0 Å². The summed E-state index contributed by atoms with van der Waals surface area (Å²) in [6, 6.07) is 13.4. The summed E-state index contributed by atoms with van der Waals surface area (Å²) in [5.41, 5.74) is 3.37. The molecule has 0 fully saturated rings. The van der Waals surface area contributed by atoms with E-state index in [4.69, 9.17) is 16.9 Å². The molecule has 0 saturated heterocycles. The van der Waals surface area contributed by atoms with E-state index in [1.165, 1.54) is 0 Å². The Labute approximate surface area is 119 Å². The van der Waals surface area contributed by atoms with Crippen molar-refractivity contribution in [3.05, 3.63) is 57.0 Å². The molecule has 0 aliphatic carbocycles. The third kappa shape index (κ3) is 2.66. The van der Waals surface area contributed by atoms with E-state index in [1.807, 2.05) is 37.3 Å². The summed E-state index contributed by atoms with van der Waals surface area (Å²) in [6.45, 7) is 1.96. The summed E-state index contributed by atoms with van der Waals surface area (Å²) < 4.78 is 0.763. The molecule has 0 aromatic heterocycles. The van der Waals surface area contributed by atoms with Crippen molar-refractivity contribution in [1.29, 1.82) is 5.26 Å². The van der Waals surface area contributed by atoms with Crippen LogP contribution < -0.4 is 5.32 Å². The van der Waals surface area contributed by atoms with E-state index in [2.05, 4.69) is 27.3 Å². The van der Waals surface area contributed by atoms with Gasteiger partial charge in [0.1, 0.15) is 6.07 Å². The average Bonchev–Trinajstić information content (AvgIpc) is 2.35. The number of aryl methyl sites for hydroxylation is 1. The summed E-state index contributed by atoms with van der Waals surface area (Å²) in [4.78, 5) is 0. The second kappa shape index (κ2) is 5.43. The lowest BCUT2D eigenvalue weighted by Gasteiger charge is -2.10. The Bertz CT molecular complexity index is 632. The predicted octanol–water partition coefficient (Wildman–Crippen LogP) is 5.03. The average molecular weight is 322 g/mol. The van der Waals surface area contributed by atoms with Crippen molar-refractivity contribution in [3.8, 4) is 6.07 Å². The van der Waals surface area contributed by atoms with Crippen LogP contribution in [0.3, 0.4) is 0 Å². The zero-order chi connectivity index (χ0) is 13.1. The van der Waals surface area contributed by atoms with E-state index < -0.39 is 0 Å². The molecule has 0 heterocycles. The highest BCUT2D eigenvalue weighted by molar-refractivity contribution is 9.10. The minimum Gasteiger partial charge on any atom is -0.354 e. The number of rotatable bonds is 2. The summed E-state index contributed by atoms with van der Waals surface area (Å²) in [6.07, 6.45) is 0. The second-order valence-electron chi connectivity index (χ2n) is 3.87. The number of nitriles is 1. The zero-order valence-corrected chi connectivity index (χ0v) is 12.0. The van der Waals surface area contributed by atoms with Crippen molar-refractivity contribution in [3.63, 3.8) is 0 Å². The first-order valence-electron chi connectivity index (χ1n) is 5.33. The molecular weight excluding hydrogens is 312 g/mol. The molecule has 0 spiro atoms. The van der Waals surface area contributed by atoms with Crippen LogP contribution in [0.1, 0.15) is 11.1 Å². The molecule has 4 heteroatoms. The topological polar surface area (TPSA) is 35.8 Å². The number of nitrogens with zero attached hydrogens (tertiary/aromatic N) is 1. The van der Waals surface area contributed by atoms with Crippen LogP contribution in [0.4, 0.5) is 11.4 Å². The molecule has 0 bridgehead atoms. The summed E-state index contributed by atoms with van der Waals surface area (Å²) >= 11 is 9.57. The number of hydrogen-bond acceptors (Lipinski definition) is 2. The van der Waals surface area contributed by atoms with Gasteiger partial charge >= 0.3 is 0 Å². The minimum absolute atomic E-state index is 0.607. The normalized spacial score (nSPS) is 9.89. The van der Waals surface area contributed by atoms with E-state index in [0.717, 1.165) is 21.4 Å². The summed E-state index contributed by atoms with van der Waals surface area (Å²) in [5, 5.41) is 12.8. The van der Waals surface area contributed by atoms with E-state index in [-0.39, 0.29) is 0 Å². The van der Waals surface area contributed by atoms with Crippen molar-refractivity contribution in [1.82, 2.24) is 0 Å². The maximum Gasteiger partial charge on any atom is 0.100 e. The monoisotopic (exact) mass is 320 g/mol. The Hall–Kier alpha value is -1.50. The van der Waals surface area contributed by atoms with Gasteiger partial charge in [-0.15, -0.1) is 0 Å². The first-order valence-corrected chi connectivity index (χ1v) is 6.50. The molecule has 0 atom stereocenters. The molecule has 2 nitrogen and oxygen atoms in total. The maximum atomic E-state index is 8.86. The molecule has 90 valence electrons. The molecular formula is C14H10BrClN2. The highest BCUT2D eigenvalue weighted by Crippen LogP contribution is 2.29. The van der Waals surface area contributed by atoms with Crippen molar-refractivity contribution in [2.75, 3.05) is 5.32 Å². The number of hydrogen-bond donors (Lipinski definition) is 1. The SMILES string of the molecule is Cc1cccc(Nc2ccc(C#N)c(Br)c2)c1Cl. The molecule has 2 rings (SSSR count). The van der Waals surface area contributed by atoms with E-state index in [9.17, 15) is 0 Å². The minimum atomic E-state index is 0.607. The van der Waals surface area contributed by atoms with Gasteiger partial charge < -0.3 is 5.32 Å². The molecule has 1 N–H and O–H groups in total. The first-order chi connectivity index (χ1) is 8.61. The Morgan fingerprint density at radius 2 is 2.06 bits per heavy atom. The lowest BCUT2D eigenvalue weighted by Crippen LogP contribution is -1.93. The molecule has 0 aliphatic heterocycles. The Morgan fingerprint density at radius 1 is 1.28 bits per heavy atom. The highest BCUT2D eigenvalue weighted by atomic mass is 79.9. The second-order valence-corrected chi connectivity index (χ2v) is 5.10. The lowest BCUT2D eigenvalue weighted by atomic mass is 10.2. The van der Waals surface area contributed by atoms with Crippen LogP contribution in [0, 0.1) is 18.3 Å². The molecule has 0 unspecified atom stereocenters. The smallest absolute Gasteiger partial charge is 0.100 e. The van der Waals surface area contributed by atoms with Gasteiger partial charge in [-0.25, -0.2) is 0 Å². The molecule has 0 radical (unpaired) electrons. The summed E-state index contributed by atoms with van der Waals surface area (Å²) in [7, 11) is 0. The third-order valence-electron chi connectivity index (χ3n) is 2.56. The van der Waals surface area contributed by atoms with Gasteiger partial charge in [0.2, 0.25) is 0 Å². The van der Waals surface area contributed by atoms with Crippen molar-refractivity contribution >= 4 is 38.9 Å². The molecule has 18 heavy (non-hydrogen) atoms. The number of benzene rings is 2. The third-order valence-corrected chi connectivity index (χ3v) is 3.72. The lowest BCUT2D eigenvalue weighted by molar-refractivity contribution is 1.43. The maximum absolute atomic E-state index is 8.86. The predicted molar refractivity (Wildman–Crippen MR) is 78.3 cm³/mol. The van der Waals surface area contributed by atoms with Crippen LogP contribution in [0.5, 0.6) is 0 Å². The Kier molecular flexibility index (Phi) is 3.90. The van der Waals surface area contributed by atoms with Gasteiger partial charge in [0, 0.05) is 10.2 Å². The van der Waals surface area contributed by atoms with E-state index in [0.29, 0.717) is 10.6 Å². The molecule has 2 aromatic carbocycles. The standard InChI is InChI=1S/C14H10BrClN2/c1-9-3-2-4-13(14(9)16)18-11-6-5-10(8-17)12(15)7-11/h2-7,18H,1H3. The van der Waals surface area contributed by atoms with Crippen molar-refractivity contribution in [2.45, 2.75) is 6.92 Å². The number of halogens is 2. The van der Waals surface area contributed by atoms with Crippen LogP contribution >= 0.6 is 27.5 Å². The summed E-state index contributed by atoms with van der Waals surface area (Å²) in [5.74, 6) is 0. The molecule has 0 aliphatic rings. The molecule has 0 amide bonds. The highest BCUT2D eigenvalue weighted by Gasteiger charge is 2.05. The van der Waals surface area contributed by atoms with Crippen LogP contribution in [0.15, 0.2) is 40.9 Å².